The van der Waals surface area contributed by atoms with Crippen LogP contribution in [-0.2, 0) is 0 Å². The van der Waals surface area contributed by atoms with Crippen LogP contribution >= 0.6 is 0 Å². The molecule has 0 saturated carbocycles. The van der Waals surface area contributed by atoms with Gasteiger partial charge in [-0.1, -0.05) is 67.5 Å². The minimum Gasteiger partial charge on any atom is -0.391 e. The fraction of sp³-hybridized carbons (Fsp3) is 0.440. The zero-order valence-electron chi connectivity index (χ0n) is 17.3. The van der Waals surface area contributed by atoms with Crippen molar-refractivity contribution in [1.82, 2.24) is 5.32 Å². The first-order valence-electron chi connectivity index (χ1n) is 9.91. The third kappa shape index (κ3) is 4.38. The van der Waals surface area contributed by atoms with Gasteiger partial charge in [0.25, 0.3) is 0 Å². The SMILES string of the molecule is C=C1CCCC(C)=C1C(/C(C(=C)CCC)=C(\C)NC)c1cccc(C)c1. The quantitative estimate of drug-likeness (QED) is 0.523. The van der Waals surface area contributed by atoms with Crippen LogP contribution in [0.5, 0.6) is 0 Å². The van der Waals surface area contributed by atoms with E-state index in [2.05, 4.69) is 70.4 Å². The molecule has 1 nitrogen and oxygen atoms in total. The Bertz CT molecular complexity index is 745. The maximum absolute atomic E-state index is 4.48. The first kappa shape index (κ1) is 20.3. The van der Waals surface area contributed by atoms with Crippen LogP contribution in [0.2, 0.25) is 0 Å². The second kappa shape index (κ2) is 9.07. The van der Waals surface area contributed by atoms with Crippen molar-refractivity contribution in [2.24, 2.45) is 0 Å². The molecule has 26 heavy (non-hydrogen) atoms. The molecule has 1 aliphatic rings. The average molecular weight is 350 g/mol. The van der Waals surface area contributed by atoms with E-state index in [1.165, 1.54) is 57.5 Å². The van der Waals surface area contributed by atoms with E-state index in [-0.39, 0.29) is 5.92 Å². The highest BCUT2D eigenvalue weighted by Gasteiger charge is 2.29. The van der Waals surface area contributed by atoms with Gasteiger partial charge in [-0.05, 0) is 68.7 Å². The maximum atomic E-state index is 4.48. The summed E-state index contributed by atoms with van der Waals surface area (Å²) in [6.45, 7) is 17.8. The van der Waals surface area contributed by atoms with Gasteiger partial charge in [-0.2, -0.15) is 0 Å². The Hall–Kier alpha value is -2.02. The van der Waals surface area contributed by atoms with E-state index in [0.29, 0.717) is 0 Å². The Morgan fingerprint density at radius 1 is 1.23 bits per heavy atom. The van der Waals surface area contributed by atoms with Crippen molar-refractivity contribution in [2.45, 2.75) is 65.7 Å². The highest BCUT2D eigenvalue weighted by atomic mass is 14.8. The zero-order chi connectivity index (χ0) is 19.3. The summed E-state index contributed by atoms with van der Waals surface area (Å²) >= 11 is 0. The van der Waals surface area contributed by atoms with Gasteiger partial charge in [-0.3, -0.25) is 0 Å². The molecule has 0 radical (unpaired) electrons. The lowest BCUT2D eigenvalue weighted by Gasteiger charge is -2.32. The molecule has 1 N–H and O–H groups in total. The highest BCUT2D eigenvalue weighted by Crippen LogP contribution is 2.45. The first-order valence-corrected chi connectivity index (χ1v) is 9.91. The summed E-state index contributed by atoms with van der Waals surface area (Å²) < 4.78 is 0. The summed E-state index contributed by atoms with van der Waals surface area (Å²) in [6.07, 6.45) is 5.62. The molecule has 0 fully saturated rings. The summed E-state index contributed by atoms with van der Waals surface area (Å²) in [5.41, 5.74) is 10.7. The fourth-order valence-electron chi connectivity index (χ4n) is 4.17. The van der Waals surface area contributed by atoms with Gasteiger partial charge in [0, 0.05) is 18.7 Å². The number of aryl methyl sites for hydroxylation is 1. The van der Waals surface area contributed by atoms with Crippen molar-refractivity contribution in [2.75, 3.05) is 7.05 Å². The topological polar surface area (TPSA) is 12.0 Å². The third-order valence-electron chi connectivity index (χ3n) is 5.54. The van der Waals surface area contributed by atoms with Crippen LogP contribution < -0.4 is 5.32 Å². The molecule has 1 heteroatoms. The molecule has 0 aromatic heterocycles. The van der Waals surface area contributed by atoms with Crippen molar-refractivity contribution in [3.05, 3.63) is 82.1 Å². The molecule has 1 aromatic rings. The second-order valence-electron chi connectivity index (χ2n) is 7.64. The summed E-state index contributed by atoms with van der Waals surface area (Å²) in [5.74, 6) is 0.217. The molecule has 0 bridgehead atoms. The van der Waals surface area contributed by atoms with Crippen molar-refractivity contribution < 1.29 is 0 Å². The summed E-state index contributed by atoms with van der Waals surface area (Å²) in [4.78, 5) is 0. The summed E-state index contributed by atoms with van der Waals surface area (Å²) in [6, 6.07) is 8.94. The second-order valence-corrected chi connectivity index (χ2v) is 7.64. The normalized spacial score (nSPS) is 17.0. The standard InChI is InChI=1S/C25H35N/c1-8-11-18(3)24(21(6)26-7)25(22-15-9-12-17(2)16-22)23-19(4)13-10-14-20(23)5/h9,12,15-16,25-26H,3-4,8,10-11,13-14H2,1-2,5-7H3/b24-21+. The maximum Gasteiger partial charge on any atom is 0.0361 e. The number of hydrogen-bond donors (Lipinski definition) is 1. The van der Waals surface area contributed by atoms with Crippen LogP contribution in [0.3, 0.4) is 0 Å². The van der Waals surface area contributed by atoms with Crippen molar-refractivity contribution in [1.29, 1.82) is 0 Å². The Morgan fingerprint density at radius 2 is 1.96 bits per heavy atom. The van der Waals surface area contributed by atoms with Gasteiger partial charge in [0.15, 0.2) is 0 Å². The predicted octanol–water partition coefficient (Wildman–Crippen LogP) is 6.98. The van der Waals surface area contributed by atoms with Crippen LogP contribution in [0.25, 0.3) is 0 Å². The molecule has 140 valence electrons. The van der Waals surface area contributed by atoms with E-state index in [0.717, 1.165) is 19.3 Å². The summed E-state index contributed by atoms with van der Waals surface area (Å²) in [7, 11) is 2.01. The van der Waals surface area contributed by atoms with E-state index >= 15 is 0 Å². The van der Waals surface area contributed by atoms with Gasteiger partial charge in [-0.15, -0.1) is 0 Å². The molecule has 0 amide bonds. The number of hydrogen-bond acceptors (Lipinski definition) is 1. The van der Waals surface area contributed by atoms with Gasteiger partial charge in [0.1, 0.15) is 0 Å². The van der Waals surface area contributed by atoms with Crippen LogP contribution in [0.1, 0.15) is 69.9 Å². The third-order valence-corrected chi connectivity index (χ3v) is 5.54. The molecule has 1 atom stereocenters. The molecule has 1 aromatic carbocycles. The van der Waals surface area contributed by atoms with Crippen LogP contribution in [0.4, 0.5) is 0 Å². The smallest absolute Gasteiger partial charge is 0.0361 e. The lowest BCUT2D eigenvalue weighted by molar-refractivity contribution is 0.721. The number of allylic oxidation sites excluding steroid dienone is 6. The lowest BCUT2D eigenvalue weighted by atomic mass is 9.72. The van der Waals surface area contributed by atoms with E-state index < -0.39 is 0 Å². The summed E-state index contributed by atoms with van der Waals surface area (Å²) in [5, 5.41) is 3.40. The van der Waals surface area contributed by atoms with E-state index in [4.69, 9.17) is 0 Å². The van der Waals surface area contributed by atoms with E-state index in [1.807, 2.05) is 7.05 Å². The molecule has 1 aliphatic carbocycles. The monoisotopic (exact) mass is 349 g/mol. The average Bonchev–Trinajstić information content (AvgIpc) is 2.60. The molecular formula is C25H35N. The zero-order valence-corrected chi connectivity index (χ0v) is 17.3. The Balaban J connectivity index is 2.74. The van der Waals surface area contributed by atoms with Gasteiger partial charge in [0.2, 0.25) is 0 Å². The number of nitrogens with one attached hydrogen (secondary N) is 1. The molecule has 0 aliphatic heterocycles. The minimum atomic E-state index is 0.217. The van der Waals surface area contributed by atoms with Gasteiger partial charge < -0.3 is 5.32 Å². The predicted molar refractivity (Wildman–Crippen MR) is 115 cm³/mol. The molecular weight excluding hydrogens is 314 g/mol. The Morgan fingerprint density at radius 3 is 2.54 bits per heavy atom. The van der Waals surface area contributed by atoms with Crippen molar-refractivity contribution in [3.63, 3.8) is 0 Å². The Labute approximate surface area is 160 Å². The van der Waals surface area contributed by atoms with Crippen LogP contribution in [0, 0.1) is 6.92 Å². The lowest BCUT2D eigenvalue weighted by Crippen LogP contribution is -2.18. The van der Waals surface area contributed by atoms with E-state index in [1.54, 1.807) is 0 Å². The molecule has 0 heterocycles. The van der Waals surface area contributed by atoms with Crippen molar-refractivity contribution in [3.8, 4) is 0 Å². The molecule has 2 rings (SSSR count). The van der Waals surface area contributed by atoms with Gasteiger partial charge in [-0.25, -0.2) is 0 Å². The Kier molecular flexibility index (Phi) is 7.08. The molecule has 0 spiro atoms. The fourth-order valence-corrected chi connectivity index (χ4v) is 4.17. The molecule has 0 saturated heterocycles. The van der Waals surface area contributed by atoms with Gasteiger partial charge >= 0.3 is 0 Å². The molecule has 1 unspecified atom stereocenters. The largest absolute Gasteiger partial charge is 0.391 e. The number of rotatable bonds is 7. The minimum absolute atomic E-state index is 0.217. The van der Waals surface area contributed by atoms with Crippen LogP contribution in [0.15, 0.2) is 71.0 Å². The highest BCUT2D eigenvalue weighted by molar-refractivity contribution is 5.55. The first-order chi connectivity index (χ1) is 12.4. The van der Waals surface area contributed by atoms with Gasteiger partial charge in [0.05, 0.1) is 0 Å². The van der Waals surface area contributed by atoms with Crippen LogP contribution in [-0.4, -0.2) is 7.05 Å². The van der Waals surface area contributed by atoms with E-state index in [9.17, 15) is 0 Å². The number of benzene rings is 1. The van der Waals surface area contributed by atoms with Crippen molar-refractivity contribution >= 4 is 0 Å².